The molecule has 36 heavy (non-hydrogen) atoms. The second-order valence-corrected chi connectivity index (χ2v) is 11.0. The van der Waals surface area contributed by atoms with Crippen LogP contribution in [-0.2, 0) is 19.7 Å². The normalized spacial score (nSPS) is 19.6. The van der Waals surface area contributed by atoms with Gasteiger partial charge in [0.15, 0.2) is 5.52 Å². The van der Waals surface area contributed by atoms with Crippen molar-refractivity contribution in [2.75, 3.05) is 71.6 Å². The number of pyridine rings is 1. The van der Waals surface area contributed by atoms with Crippen molar-refractivity contribution in [1.82, 2.24) is 23.6 Å². The van der Waals surface area contributed by atoms with Crippen LogP contribution in [0.4, 0.5) is 5.69 Å². The fraction of sp³-hybridized carbons (Fsp3) is 0.458. The van der Waals surface area contributed by atoms with Gasteiger partial charge in [0.1, 0.15) is 12.7 Å². The Morgan fingerprint density at radius 1 is 1.06 bits per heavy atom. The lowest BCUT2D eigenvalue weighted by atomic mass is 10.1. The zero-order chi connectivity index (χ0) is 25.1. The lowest BCUT2D eigenvalue weighted by Gasteiger charge is -2.33. The van der Waals surface area contributed by atoms with Gasteiger partial charge in [-0.25, -0.2) is 9.97 Å². The summed E-state index contributed by atoms with van der Waals surface area (Å²) in [7, 11) is -0.487. The third-order valence-corrected chi connectivity index (χ3v) is 8.17. The van der Waals surface area contributed by atoms with E-state index in [-0.39, 0.29) is 13.2 Å². The number of ether oxygens (including phenoxy) is 3. The van der Waals surface area contributed by atoms with Gasteiger partial charge in [-0.3, -0.25) is 4.98 Å². The molecule has 4 heterocycles. The van der Waals surface area contributed by atoms with Gasteiger partial charge in [-0.1, -0.05) is 12.1 Å². The number of hydrogen-bond acceptors (Lipinski definition) is 9. The van der Waals surface area contributed by atoms with E-state index in [9.17, 15) is 8.42 Å². The first kappa shape index (κ1) is 24.8. The molecule has 5 rings (SSSR count). The van der Waals surface area contributed by atoms with Crippen LogP contribution in [-0.4, -0.2) is 105 Å². The maximum absolute atomic E-state index is 12.5. The van der Waals surface area contributed by atoms with Crippen LogP contribution in [0.2, 0.25) is 0 Å². The molecule has 192 valence electrons. The largest absolute Gasteiger partial charge is 0.473 e. The Hall–Kier alpha value is -2.90. The average Bonchev–Trinajstić information content (AvgIpc) is 2.92. The minimum absolute atomic E-state index is 0.136. The first-order valence-corrected chi connectivity index (χ1v) is 13.3. The van der Waals surface area contributed by atoms with Gasteiger partial charge >= 0.3 is 0 Å². The lowest BCUT2D eigenvalue weighted by Crippen LogP contribution is -2.50. The van der Waals surface area contributed by atoms with Gasteiger partial charge in [0.2, 0.25) is 5.88 Å². The van der Waals surface area contributed by atoms with E-state index >= 15 is 0 Å². The van der Waals surface area contributed by atoms with Crippen LogP contribution in [0.5, 0.6) is 5.88 Å². The number of anilines is 1. The molecule has 0 bridgehead atoms. The summed E-state index contributed by atoms with van der Waals surface area (Å²) in [6.45, 7) is 4.15. The van der Waals surface area contributed by atoms with Gasteiger partial charge in [0, 0.05) is 63.9 Å². The molecule has 1 atom stereocenters. The number of benzene rings is 1. The Bertz CT molecular complexity index is 1300. The van der Waals surface area contributed by atoms with Gasteiger partial charge in [-0.05, 0) is 18.2 Å². The molecule has 0 unspecified atom stereocenters. The number of fused-ring (bicyclic) bond motifs is 1. The fourth-order valence-electron chi connectivity index (χ4n) is 4.26. The van der Waals surface area contributed by atoms with Gasteiger partial charge < -0.3 is 19.1 Å². The smallest absolute Gasteiger partial charge is 0.281 e. The van der Waals surface area contributed by atoms with E-state index in [2.05, 4.69) is 27.0 Å². The molecule has 2 saturated heterocycles. The van der Waals surface area contributed by atoms with E-state index in [0.29, 0.717) is 35.8 Å². The molecule has 0 spiro atoms. The second kappa shape index (κ2) is 10.6. The predicted octanol–water partition coefficient (Wildman–Crippen LogP) is 1.41. The minimum Gasteiger partial charge on any atom is -0.473 e. The highest BCUT2D eigenvalue weighted by atomic mass is 32.2. The number of nitrogens with zero attached hydrogens (tertiary/aromatic N) is 6. The summed E-state index contributed by atoms with van der Waals surface area (Å²) in [6, 6.07) is 10.1. The van der Waals surface area contributed by atoms with Crippen molar-refractivity contribution >= 4 is 26.9 Å². The molecular formula is C24H30N6O5S. The van der Waals surface area contributed by atoms with Gasteiger partial charge in [-0.2, -0.15) is 17.0 Å². The molecule has 2 aliphatic heterocycles. The highest BCUT2D eigenvalue weighted by Crippen LogP contribution is 2.29. The highest BCUT2D eigenvalue weighted by Gasteiger charge is 2.31. The SMILES string of the molecule is CN(C)S(=O)(=O)N1CCO[C@H](COc2nc(-c3ccc(N4CCOCC4)cc3)cc3nccnc23)C1. The molecule has 12 heteroatoms. The Morgan fingerprint density at radius 2 is 1.81 bits per heavy atom. The summed E-state index contributed by atoms with van der Waals surface area (Å²) in [6.07, 6.45) is 2.79. The van der Waals surface area contributed by atoms with E-state index in [1.54, 1.807) is 12.4 Å². The van der Waals surface area contributed by atoms with Crippen LogP contribution >= 0.6 is 0 Å². The van der Waals surface area contributed by atoms with Crippen LogP contribution in [0.15, 0.2) is 42.7 Å². The molecule has 11 nitrogen and oxygen atoms in total. The topological polar surface area (TPSA) is 110 Å². The Morgan fingerprint density at radius 3 is 2.56 bits per heavy atom. The third-order valence-electron chi connectivity index (χ3n) is 6.26. The van der Waals surface area contributed by atoms with Gasteiger partial charge in [-0.15, -0.1) is 0 Å². The van der Waals surface area contributed by atoms with Crippen molar-refractivity contribution in [2.24, 2.45) is 0 Å². The number of aromatic nitrogens is 3. The quantitative estimate of drug-likeness (QED) is 0.462. The zero-order valence-corrected chi connectivity index (χ0v) is 21.2. The molecule has 1 aromatic carbocycles. The van der Waals surface area contributed by atoms with E-state index in [1.165, 1.54) is 22.7 Å². The summed E-state index contributed by atoms with van der Waals surface area (Å²) in [4.78, 5) is 15.9. The second-order valence-electron chi connectivity index (χ2n) is 8.84. The van der Waals surface area contributed by atoms with E-state index in [1.807, 2.05) is 18.2 Å². The molecule has 2 aromatic heterocycles. The molecular weight excluding hydrogens is 484 g/mol. The Balaban J connectivity index is 1.35. The molecule has 0 radical (unpaired) electrons. The van der Waals surface area contributed by atoms with Crippen molar-refractivity contribution in [3.63, 3.8) is 0 Å². The van der Waals surface area contributed by atoms with Crippen LogP contribution in [0, 0.1) is 0 Å². The summed E-state index contributed by atoms with van der Waals surface area (Å²) in [5.41, 5.74) is 4.00. The van der Waals surface area contributed by atoms with E-state index < -0.39 is 16.3 Å². The molecule has 0 aliphatic carbocycles. The van der Waals surface area contributed by atoms with Crippen molar-refractivity contribution in [3.05, 3.63) is 42.7 Å². The molecule has 2 aliphatic rings. The van der Waals surface area contributed by atoms with Crippen molar-refractivity contribution in [1.29, 1.82) is 0 Å². The molecule has 3 aromatic rings. The standard InChI is InChI=1S/C24H30N6O5S/c1-28(2)36(31,32)30-11-14-34-20(16-30)17-35-24-23-22(25-7-8-26-23)15-21(27-24)18-3-5-19(6-4-18)29-9-12-33-13-10-29/h3-8,15,20H,9-14,16-17H2,1-2H3/t20-/m0/s1. The first-order valence-electron chi connectivity index (χ1n) is 11.9. The van der Waals surface area contributed by atoms with Crippen LogP contribution in [0.3, 0.4) is 0 Å². The lowest BCUT2D eigenvalue weighted by molar-refractivity contribution is -0.0264. The average molecular weight is 515 g/mol. The third kappa shape index (κ3) is 5.27. The monoisotopic (exact) mass is 514 g/mol. The van der Waals surface area contributed by atoms with E-state index in [0.717, 1.165) is 37.6 Å². The molecule has 0 saturated carbocycles. The molecule has 0 N–H and O–H groups in total. The minimum atomic E-state index is -3.52. The maximum Gasteiger partial charge on any atom is 0.281 e. The predicted molar refractivity (Wildman–Crippen MR) is 135 cm³/mol. The Labute approximate surface area is 210 Å². The number of hydrogen-bond donors (Lipinski definition) is 0. The maximum atomic E-state index is 12.5. The van der Waals surface area contributed by atoms with Crippen molar-refractivity contribution < 1.29 is 22.6 Å². The number of rotatable bonds is 7. The fourth-order valence-corrected chi connectivity index (χ4v) is 5.38. The van der Waals surface area contributed by atoms with E-state index in [4.69, 9.17) is 19.2 Å². The van der Waals surface area contributed by atoms with Crippen LogP contribution in [0.25, 0.3) is 22.3 Å². The van der Waals surface area contributed by atoms with Gasteiger partial charge in [0.25, 0.3) is 10.2 Å². The van der Waals surface area contributed by atoms with Gasteiger partial charge in [0.05, 0.1) is 31.0 Å². The molecule has 0 amide bonds. The Kier molecular flexibility index (Phi) is 7.30. The van der Waals surface area contributed by atoms with Crippen molar-refractivity contribution in [3.8, 4) is 17.1 Å². The summed E-state index contributed by atoms with van der Waals surface area (Å²) >= 11 is 0. The van der Waals surface area contributed by atoms with Crippen molar-refractivity contribution in [2.45, 2.75) is 6.10 Å². The zero-order valence-electron chi connectivity index (χ0n) is 20.4. The summed E-state index contributed by atoms with van der Waals surface area (Å²) in [5.74, 6) is 0.337. The molecule has 2 fully saturated rings. The summed E-state index contributed by atoms with van der Waals surface area (Å²) in [5, 5.41) is 0. The first-order chi connectivity index (χ1) is 17.4. The van der Waals surface area contributed by atoms with Crippen LogP contribution in [0.1, 0.15) is 0 Å². The summed E-state index contributed by atoms with van der Waals surface area (Å²) < 4.78 is 44.9. The highest BCUT2D eigenvalue weighted by molar-refractivity contribution is 7.86. The number of morpholine rings is 2. The van der Waals surface area contributed by atoms with Crippen LogP contribution < -0.4 is 9.64 Å².